The van der Waals surface area contributed by atoms with E-state index in [2.05, 4.69) is 0 Å². The van der Waals surface area contributed by atoms with Gasteiger partial charge in [-0.3, -0.25) is 0 Å². The summed E-state index contributed by atoms with van der Waals surface area (Å²) in [5.41, 5.74) is 1.45. The molecule has 0 saturated carbocycles. The molecule has 1 rings (SSSR count). The van der Waals surface area contributed by atoms with Crippen LogP contribution in [0.15, 0.2) is 24.3 Å². The van der Waals surface area contributed by atoms with Gasteiger partial charge in [-0.05, 0) is 18.6 Å². The van der Waals surface area contributed by atoms with Crippen molar-refractivity contribution in [3.8, 4) is 0 Å². The van der Waals surface area contributed by atoms with Gasteiger partial charge in [-0.1, -0.05) is 12.1 Å². The highest BCUT2D eigenvalue weighted by atomic mass is 16.5. The summed E-state index contributed by atoms with van der Waals surface area (Å²) in [7, 11) is 5.00. The van der Waals surface area contributed by atoms with Crippen LogP contribution in [0.4, 0.5) is 5.69 Å². The molecule has 0 bridgehead atoms. The molecule has 0 amide bonds. The lowest BCUT2D eigenvalue weighted by Gasteiger charge is -2.21. The number of carbonyl (C=O) groups excluding carboxylic acids is 1. The molecule has 0 atom stereocenters. The molecule has 0 aliphatic carbocycles. The van der Waals surface area contributed by atoms with E-state index >= 15 is 0 Å². The van der Waals surface area contributed by atoms with Crippen molar-refractivity contribution in [2.45, 2.75) is 6.42 Å². The molecule has 1 aromatic carbocycles. The summed E-state index contributed by atoms with van der Waals surface area (Å²) in [6.45, 7) is 2.70. The molecule has 20 heavy (non-hydrogen) atoms. The Kier molecular flexibility index (Phi) is 7.69. The molecule has 0 fully saturated rings. The number of hydrogen-bond donors (Lipinski definition) is 0. The summed E-state index contributed by atoms with van der Waals surface area (Å²) in [5.74, 6) is -0.316. The van der Waals surface area contributed by atoms with E-state index in [-0.39, 0.29) is 5.97 Å². The first kappa shape index (κ1) is 16.5. The standard InChI is InChI=1S/C15H23NO4/c1-16(9-6-10-20-12-11-18-2)14-8-5-4-7-13(14)15(17)19-3/h4-5,7-8H,6,9-12H2,1-3H3. The summed E-state index contributed by atoms with van der Waals surface area (Å²) in [6, 6.07) is 7.43. The lowest BCUT2D eigenvalue weighted by Crippen LogP contribution is -2.22. The third-order valence-corrected chi connectivity index (χ3v) is 2.93. The van der Waals surface area contributed by atoms with Crippen LogP contribution in [0.2, 0.25) is 0 Å². The van der Waals surface area contributed by atoms with Crippen LogP contribution < -0.4 is 4.90 Å². The first-order valence-electron chi connectivity index (χ1n) is 6.66. The molecule has 0 aliphatic heterocycles. The number of benzene rings is 1. The Labute approximate surface area is 120 Å². The first-order chi connectivity index (χ1) is 9.70. The molecule has 0 radical (unpaired) electrons. The third kappa shape index (κ3) is 5.19. The molecule has 0 unspecified atom stereocenters. The largest absolute Gasteiger partial charge is 0.465 e. The van der Waals surface area contributed by atoms with E-state index in [9.17, 15) is 4.79 Å². The molecule has 0 saturated heterocycles. The van der Waals surface area contributed by atoms with Gasteiger partial charge in [0.2, 0.25) is 0 Å². The maximum absolute atomic E-state index is 11.7. The van der Waals surface area contributed by atoms with Gasteiger partial charge in [-0.2, -0.15) is 0 Å². The Balaban J connectivity index is 2.47. The number of para-hydroxylation sites is 1. The van der Waals surface area contributed by atoms with Gasteiger partial charge in [-0.25, -0.2) is 4.79 Å². The van der Waals surface area contributed by atoms with E-state index in [1.165, 1.54) is 7.11 Å². The minimum atomic E-state index is -0.316. The van der Waals surface area contributed by atoms with Crippen molar-refractivity contribution in [2.24, 2.45) is 0 Å². The van der Waals surface area contributed by atoms with Gasteiger partial charge in [-0.15, -0.1) is 0 Å². The number of methoxy groups -OCH3 is 2. The summed E-state index contributed by atoms with van der Waals surface area (Å²) in [4.78, 5) is 13.7. The van der Waals surface area contributed by atoms with E-state index in [0.717, 1.165) is 18.7 Å². The average molecular weight is 281 g/mol. The number of anilines is 1. The van der Waals surface area contributed by atoms with Crippen molar-refractivity contribution < 1.29 is 19.0 Å². The topological polar surface area (TPSA) is 48.0 Å². The van der Waals surface area contributed by atoms with E-state index in [1.807, 2.05) is 30.1 Å². The number of carbonyl (C=O) groups is 1. The van der Waals surface area contributed by atoms with Gasteiger partial charge >= 0.3 is 5.97 Å². The lowest BCUT2D eigenvalue weighted by molar-refractivity contribution is 0.0601. The van der Waals surface area contributed by atoms with Crippen molar-refractivity contribution >= 4 is 11.7 Å². The summed E-state index contributed by atoms with van der Waals surface area (Å²) < 4.78 is 15.1. The van der Waals surface area contributed by atoms with Gasteiger partial charge in [0.1, 0.15) is 0 Å². The molecule has 1 aromatic rings. The molecular weight excluding hydrogens is 258 g/mol. The summed E-state index contributed by atoms with van der Waals surface area (Å²) in [6.07, 6.45) is 0.885. The maximum atomic E-state index is 11.7. The van der Waals surface area contributed by atoms with Crippen LogP contribution in [0.1, 0.15) is 16.8 Å². The van der Waals surface area contributed by atoms with Gasteiger partial charge in [0, 0.05) is 27.3 Å². The van der Waals surface area contributed by atoms with Crippen molar-refractivity contribution in [1.29, 1.82) is 0 Å². The zero-order valence-electron chi connectivity index (χ0n) is 12.4. The van der Waals surface area contributed by atoms with E-state index in [1.54, 1.807) is 13.2 Å². The fourth-order valence-corrected chi connectivity index (χ4v) is 1.86. The predicted octanol–water partition coefficient (Wildman–Crippen LogP) is 1.96. The Bertz CT molecular complexity index is 409. The van der Waals surface area contributed by atoms with E-state index in [0.29, 0.717) is 25.4 Å². The first-order valence-corrected chi connectivity index (χ1v) is 6.66. The van der Waals surface area contributed by atoms with Crippen LogP contribution in [-0.2, 0) is 14.2 Å². The van der Waals surface area contributed by atoms with Crippen LogP contribution in [0, 0.1) is 0 Å². The quantitative estimate of drug-likeness (QED) is 0.511. The monoisotopic (exact) mass is 281 g/mol. The Hall–Kier alpha value is -1.59. The van der Waals surface area contributed by atoms with Crippen LogP contribution >= 0.6 is 0 Å². The normalized spacial score (nSPS) is 10.3. The lowest BCUT2D eigenvalue weighted by atomic mass is 10.1. The minimum Gasteiger partial charge on any atom is -0.465 e. The fourth-order valence-electron chi connectivity index (χ4n) is 1.86. The van der Waals surface area contributed by atoms with Crippen molar-refractivity contribution in [3.63, 3.8) is 0 Å². The van der Waals surface area contributed by atoms with E-state index in [4.69, 9.17) is 14.2 Å². The highest BCUT2D eigenvalue weighted by Gasteiger charge is 2.13. The van der Waals surface area contributed by atoms with Crippen molar-refractivity contribution in [2.75, 3.05) is 52.5 Å². The number of esters is 1. The fraction of sp³-hybridized carbons (Fsp3) is 0.533. The zero-order chi connectivity index (χ0) is 14.8. The summed E-state index contributed by atoms with van der Waals surface area (Å²) in [5, 5.41) is 0. The molecule has 0 aliphatic rings. The van der Waals surface area contributed by atoms with Gasteiger partial charge in [0.25, 0.3) is 0 Å². The molecular formula is C15H23NO4. The third-order valence-electron chi connectivity index (χ3n) is 2.93. The van der Waals surface area contributed by atoms with Crippen molar-refractivity contribution in [1.82, 2.24) is 0 Å². The number of ether oxygens (including phenoxy) is 3. The Morgan fingerprint density at radius 3 is 2.60 bits per heavy atom. The molecule has 0 spiro atoms. The average Bonchev–Trinajstić information content (AvgIpc) is 2.49. The second-order valence-corrected chi connectivity index (χ2v) is 4.39. The second kappa shape index (κ2) is 9.34. The van der Waals surface area contributed by atoms with Crippen LogP contribution in [0.3, 0.4) is 0 Å². The minimum absolute atomic E-state index is 0.316. The Morgan fingerprint density at radius 1 is 1.15 bits per heavy atom. The molecule has 0 N–H and O–H groups in total. The number of nitrogens with zero attached hydrogens (tertiary/aromatic N) is 1. The maximum Gasteiger partial charge on any atom is 0.339 e. The SMILES string of the molecule is COCCOCCCN(C)c1ccccc1C(=O)OC. The predicted molar refractivity (Wildman–Crippen MR) is 78.4 cm³/mol. The highest BCUT2D eigenvalue weighted by molar-refractivity contribution is 5.95. The highest BCUT2D eigenvalue weighted by Crippen LogP contribution is 2.20. The molecule has 112 valence electrons. The van der Waals surface area contributed by atoms with Gasteiger partial charge < -0.3 is 19.1 Å². The second-order valence-electron chi connectivity index (χ2n) is 4.39. The molecule has 5 heteroatoms. The summed E-state index contributed by atoms with van der Waals surface area (Å²) >= 11 is 0. The van der Waals surface area contributed by atoms with E-state index < -0.39 is 0 Å². The Morgan fingerprint density at radius 2 is 1.90 bits per heavy atom. The van der Waals surface area contributed by atoms with Gasteiger partial charge in [0.05, 0.1) is 31.6 Å². The smallest absolute Gasteiger partial charge is 0.339 e. The number of hydrogen-bond acceptors (Lipinski definition) is 5. The molecule has 0 heterocycles. The van der Waals surface area contributed by atoms with Crippen LogP contribution in [0.5, 0.6) is 0 Å². The van der Waals surface area contributed by atoms with Crippen molar-refractivity contribution in [3.05, 3.63) is 29.8 Å². The molecule has 0 aromatic heterocycles. The molecule has 5 nitrogen and oxygen atoms in total. The van der Waals surface area contributed by atoms with Crippen LogP contribution in [-0.4, -0.2) is 53.6 Å². The number of rotatable bonds is 9. The van der Waals surface area contributed by atoms with Crippen LogP contribution in [0.25, 0.3) is 0 Å². The zero-order valence-corrected chi connectivity index (χ0v) is 12.4. The van der Waals surface area contributed by atoms with Gasteiger partial charge in [0.15, 0.2) is 0 Å².